The van der Waals surface area contributed by atoms with E-state index in [-0.39, 0.29) is 14.9 Å². The Balaban J connectivity index is 0. The fourth-order valence-electron chi connectivity index (χ4n) is 0.557. The lowest BCUT2D eigenvalue weighted by atomic mass is 10.3. The molecule has 56 valence electrons. The molecule has 0 saturated carbocycles. The minimum atomic E-state index is 0. The molecule has 0 aliphatic carbocycles. The molecule has 0 aromatic heterocycles. The molecule has 0 amide bonds. The van der Waals surface area contributed by atoms with Gasteiger partial charge in [-0.2, -0.15) is 0 Å². The van der Waals surface area contributed by atoms with Gasteiger partial charge in [0.1, 0.15) is 0 Å². The predicted molar refractivity (Wildman–Crippen MR) is 50.2 cm³/mol. The summed E-state index contributed by atoms with van der Waals surface area (Å²) in [5.74, 6) is 0. The van der Waals surface area contributed by atoms with Crippen molar-refractivity contribution < 1.29 is 0 Å². The van der Waals surface area contributed by atoms with Crippen molar-refractivity contribution in [2.75, 3.05) is 0 Å². The van der Waals surface area contributed by atoms with Crippen molar-refractivity contribution in [3.63, 3.8) is 0 Å². The average molecular weight is 136 g/mol. The summed E-state index contributed by atoms with van der Waals surface area (Å²) in [7, 11) is 0. The van der Waals surface area contributed by atoms with E-state index in [4.69, 9.17) is 0 Å². The third kappa shape index (κ3) is 2.49. The molecule has 0 radical (unpaired) electrons. The minimum absolute atomic E-state index is 0. The van der Waals surface area contributed by atoms with Crippen LogP contribution in [-0.2, 0) is 0 Å². The first-order valence-electron chi connectivity index (χ1n) is 2.53. The van der Waals surface area contributed by atoms with Crippen LogP contribution in [0.2, 0.25) is 0 Å². The topological polar surface area (TPSA) is 0 Å². The molecule has 0 nitrogen and oxygen atoms in total. The van der Waals surface area contributed by atoms with Crippen LogP contribution in [0.3, 0.4) is 0 Å². The molecule has 0 fully saturated rings. The van der Waals surface area contributed by atoms with Gasteiger partial charge in [-0.3, -0.25) is 0 Å². The van der Waals surface area contributed by atoms with Crippen molar-refractivity contribution in [2.24, 2.45) is 0 Å². The highest BCUT2D eigenvalue weighted by Gasteiger charge is 1.71. The quantitative estimate of drug-likeness (QED) is 0.510. The lowest BCUT2D eigenvalue weighted by Crippen LogP contribution is -2.19. The molecule has 1 aromatic rings. The average Bonchev–Trinajstić information content (AvgIpc) is 1.77. The van der Waals surface area contributed by atoms with Gasteiger partial charge in [-0.1, -0.05) is 52.3 Å². The molecule has 0 aliphatic rings. The highest BCUT2D eigenvalue weighted by atomic mass is 13.8. The summed E-state index contributed by atoms with van der Waals surface area (Å²) in [5.41, 5.74) is 0. The highest BCUT2D eigenvalue weighted by molar-refractivity contribution is 5.15. The summed E-state index contributed by atoms with van der Waals surface area (Å²) in [6.07, 6.45) is 0. The Hall–Kier alpha value is -1.04. The minimum Gasteiger partial charge on any atom is -0.0912 e. The molecule has 1 rings (SSSR count). The lowest BCUT2D eigenvalue weighted by Gasteiger charge is -1.79. The molecule has 1 aromatic carbocycles. The first-order chi connectivity index (χ1) is 3.80. The second-order valence-corrected chi connectivity index (χ2v) is 1.77. The maximum absolute atomic E-state index is 3.76. The van der Waals surface area contributed by atoms with Gasteiger partial charge in [0.2, 0.25) is 0 Å². The Morgan fingerprint density at radius 3 is 1.30 bits per heavy atom. The van der Waals surface area contributed by atoms with E-state index < -0.39 is 0 Å². The number of rotatable bonds is 0. The van der Waals surface area contributed by atoms with Crippen molar-refractivity contribution in [2.45, 2.75) is 14.9 Å². The van der Waals surface area contributed by atoms with Gasteiger partial charge in [0.25, 0.3) is 0 Å². The van der Waals surface area contributed by atoms with Gasteiger partial charge in [-0.25, -0.2) is 0 Å². The van der Waals surface area contributed by atoms with E-state index in [2.05, 4.69) is 13.2 Å². The third-order valence-electron chi connectivity index (χ3n) is 1.12. The molecule has 0 heterocycles. The van der Waals surface area contributed by atoms with E-state index in [1.807, 2.05) is 24.3 Å². The molecular formula is C10H16. The lowest BCUT2D eigenvalue weighted by molar-refractivity contribution is 1.55. The Labute approximate surface area is 63.5 Å². The predicted octanol–water partition coefficient (Wildman–Crippen LogP) is 1.78. The van der Waals surface area contributed by atoms with E-state index in [9.17, 15) is 0 Å². The molecule has 0 heteroatoms. The van der Waals surface area contributed by atoms with E-state index >= 15 is 0 Å². The standard InChI is InChI=1S/C8H8.2CH4/c1-7-5-3-4-6-8(7)2;;/h3-6H,1-2H2;2*1H4. The van der Waals surface area contributed by atoms with Crippen LogP contribution in [0, 0.1) is 0 Å². The van der Waals surface area contributed by atoms with Crippen LogP contribution in [0.15, 0.2) is 24.3 Å². The van der Waals surface area contributed by atoms with Crippen molar-refractivity contribution in [1.29, 1.82) is 0 Å². The van der Waals surface area contributed by atoms with Gasteiger partial charge < -0.3 is 0 Å². The van der Waals surface area contributed by atoms with Crippen molar-refractivity contribution in [3.8, 4) is 0 Å². The van der Waals surface area contributed by atoms with Crippen LogP contribution < -0.4 is 10.4 Å². The van der Waals surface area contributed by atoms with Crippen LogP contribution in [-0.4, -0.2) is 0 Å². The Morgan fingerprint density at radius 2 is 1.10 bits per heavy atom. The Kier molecular flexibility index (Phi) is 5.63. The Bertz CT molecular complexity index is 231. The SMILES string of the molecule is C.C.C=c1ccccc1=C. The molecule has 0 bridgehead atoms. The largest absolute Gasteiger partial charge is 0.0912 e. The first-order valence-corrected chi connectivity index (χ1v) is 2.53. The van der Waals surface area contributed by atoms with Crippen molar-refractivity contribution >= 4 is 13.2 Å². The third-order valence-corrected chi connectivity index (χ3v) is 1.12. The molecular weight excluding hydrogens is 120 g/mol. The normalized spacial score (nSPS) is 7.20. The van der Waals surface area contributed by atoms with Gasteiger partial charge in [0, 0.05) is 0 Å². The zero-order chi connectivity index (χ0) is 5.98. The van der Waals surface area contributed by atoms with Gasteiger partial charge in [0.05, 0.1) is 0 Å². The molecule has 0 aliphatic heterocycles. The fourth-order valence-corrected chi connectivity index (χ4v) is 0.557. The zero-order valence-electron chi connectivity index (χ0n) is 4.72. The van der Waals surface area contributed by atoms with E-state index in [1.165, 1.54) is 0 Å². The van der Waals surface area contributed by atoms with Crippen molar-refractivity contribution in [3.05, 3.63) is 34.7 Å². The summed E-state index contributed by atoms with van der Waals surface area (Å²) in [6, 6.07) is 7.80. The highest BCUT2D eigenvalue weighted by Crippen LogP contribution is 1.66. The van der Waals surface area contributed by atoms with Crippen LogP contribution in [0.25, 0.3) is 13.2 Å². The fraction of sp³-hybridized carbons (Fsp3) is 0.200. The van der Waals surface area contributed by atoms with Crippen LogP contribution in [0.4, 0.5) is 0 Å². The molecule has 0 unspecified atom stereocenters. The molecule has 0 N–H and O–H groups in total. The van der Waals surface area contributed by atoms with Gasteiger partial charge in [-0.15, -0.1) is 0 Å². The smallest absolute Gasteiger partial charge is 0.0262 e. The second-order valence-electron chi connectivity index (χ2n) is 1.77. The van der Waals surface area contributed by atoms with Crippen molar-refractivity contribution in [1.82, 2.24) is 0 Å². The Morgan fingerprint density at radius 1 is 0.800 bits per heavy atom. The summed E-state index contributed by atoms with van der Waals surface area (Å²) >= 11 is 0. The van der Waals surface area contributed by atoms with Crippen LogP contribution in [0.5, 0.6) is 0 Å². The number of hydrogen-bond acceptors (Lipinski definition) is 0. The van der Waals surface area contributed by atoms with E-state index in [1.54, 1.807) is 0 Å². The van der Waals surface area contributed by atoms with Gasteiger partial charge in [-0.05, 0) is 10.4 Å². The maximum atomic E-state index is 3.76. The van der Waals surface area contributed by atoms with Gasteiger partial charge >= 0.3 is 0 Å². The van der Waals surface area contributed by atoms with E-state index in [0.717, 1.165) is 10.4 Å². The summed E-state index contributed by atoms with van der Waals surface area (Å²) < 4.78 is 0. The van der Waals surface area contributed by atoms with Gasteiger partial charge in [0.15, 0.2) is 0 Å². The first kappa shape index (κ1) is 11.7. The zero-order valence-corrected chi connectivity index (χ0v) is 4.72. The van der Waals surface area contributed by atoms with Crippen LogP contribution >= 0.6 is 0 Å². The molecule has 0 saturated heterocycles. The monoisotopic (exact) mass is 136 g/mol. The van der Waals surface area contributed by atoms with E-state index in [0.29, 0.717) is 0 Å². The number of benzene rings is 1. The summed E-state index contributed by atoms with van der Waals surface area (Å²) in [4.78, 5) is 0. The molecule has 10 heavy (non-hydrogen) atoms. The second kappa shape index (κ2) is 4.80. The summed E-state index contributed by atoms with van der Waals surface area (Å²) in [5, 5.41) is 2.01. The maximum Gasteiger partial charge on any atom is -0.0262 e. The molecule has 0 atom stereocenters. The summed E-state index contributed by atoms with van der Waals surface area (Å²) in [6.45, 7) is 7.52. The van der Waals surface area contributed by atoms with Crippen LogP contribution in [0.1, 0.15) is 14.9 Å². The molecule has 0 spiro atoms. The number of hydrogen-bond donors (Lipinski definition) is 0.